The molecule has 124 valence electrons. The van der Waals surface area contributed by atoms with Crippen LogP contribution in [0.1, 0.15) is 11.1 Å². The number of rotatable bonds is 3. The van der Waals surface area contributed by atoms with Gasteiger partial charge in [-0.25, -0.2) is 4.68 Å². The van der Waals surface area contributed by atoms with E-state index in [1.54, 1.807) is 0 Å². The molecule has 0 saturated heterocycles. The van der Waals surface area contributed by atoms with Crippen LogP contribution in [0.25, 0.3) is 11.3 Å². The Hall–Kier alpha value is -3.35. The number of aromatic hydroxyl groups is 1. The van der Waals surface area contributed by atoms with Gasteiger partial charge in [-0.1, -0.05) is 11.8 Å². The monoisotopic (exact) mass is 337 g/mol. The predicted octanol–water partition coefficient (Wildman–Crippen LogP) is 2.20. The van der Waals surface area contributed by atoms with E-state index in [0.717, 1.165) is 23.0 Å². The maximum absolute atomic E-state index is 13.4. The number of hydrogen-bond acceptors (Lipinski definition) is 5. The summed E-state index contributed by atoms with van der Waals surface area (Å²) < 4.78 is 41.3. The van der Waals surface area contributed by atoms with Gasteiger partial charge in [0.1, 0.15) is 5.75 Å². The van der Waals surface area contributed by atoms with E-state index in [-0.39, 0.29) is 11.4 Å². The highest BCUT2D eigenvalue weighted by molar-refractivity contribution is 6.01. The number of nitrogens with zero attached hydrogens (tertiary/aromatic N) is 4. The first-order chi connectivity index (χ1) is 11.2. The van der Waals surface area contributed by atoms with Crippen LogP contribution in [0.5, 0.6) is 5.75 Å². The van der Waals surface area contributed by atoms with Crippen LogP contribution in [0.2, 0.25) is 0 Å². The smallest absolute Gasteiger partial charge is 0.418 e. The zero-order valence-corrected chi connectivity index (χ0v) is 12.2. The Balaban J connectivity index is 2.89. The van der Waals surface area contributed by atoms with E-state index >= 15 is 0 Å². The molecule has 2 aromatic rings. The van der Waals surface area contributed by atoms with Crippen molar-refractivity contribution in [2.24, 2.45) is 7.05 Å². The first-order valence-electron chi connectivity index (χ1n) is 6.36. The quantitative estimate of drug-likeness (QED) is 0.660. The molecule has 24 heavy (non-hydrogen) atoms. The van der Waals surface area contributed by atoms with Gasteiger partial charge in [-0.15, -0.1) is 5.10 Å². The first-order valence-corrected chi connectivity index (χ1v) is 6.36. The van der Waals surface area contributed by atoms with Gasteiger partial charge in [0.2, 0.25) is 5.91 Å². The normalized spacial score (nSPS) is 11.0. The largest absolute Gasteiger partial charge is 0.505 e. The van der Waals surface area contributed by atoms with Crippen molar-refractivity contribution >= 4 is 11.6 Å². The van der Waals surface area contributed by atoms with E-state index in [1.807, 2.05) is 0 Å². The third kappa shape index (κ3) is 2.91. The molecule has 0 unspecified atom stereocenters. The Bertz CT molecular complexity index is 865. The number of alkyl halides is 3. The highest BCUT2D eigenvalue weighted by Crippen LogP contribution is 2.46. The Morgan fingerprint density at radius 2 is 2.21 bits per heavy atom. The van der Waals surface area contributed by atoms with Crippen molar-refractivity contribution < 1.29 is 23.1 Å². The van der Waals surface area contributed by atoms with Gasteiger partial charge in [0.25, 0.3) is 0 Å². The topological polar surface area (TPSA) is 104 Å². The molecule has 0 atom stereocenters. The summed E-state index contributed by atoms with van der Waals surface area (Å²) in [6, 6.07) is 2.17. The van der Waals surface area contributed by atoms with Gasteiger partial charge in [0, 0.05) is 7.05 Å². The molecular weight excluding hydrogens is 327 g/mol. The van der Waals surface area contributed by atoms with Crippen LogP contribution in [0.4, 0.5) is 18.9 Å². The minimum absolute atomic E-state index is 0.175. The van der Waals surface area contributed by atoms with Crippen molar-refractivity contribution in [1.82, 2.24) is 15.0 Å². The summed E-state index contributed by atoms with van der Waals surface area (Å²) in [5.41, 5.74) is -3.35. The molecule has 1 aromatic heterocycles. The van der Waals surface area contributed by atoms with Crippen molar-refractivity contribution in [3.63, 3.8) is 0 Å². The summed E-state index contributed by atoms with van der Waals surface area (Å²) in [5.74, 6) is -1.62. The third-order valence-electron chi connectivity index (χ3n) is 3.12. The van der Waals surface area contributed by atoms with Gasteiger partial charge < -0.3 is 10.4 Å². The summed E-state index contributed by atoms with van der Waals surface area (Å²) in [5, 5.41) is 28.5. The average Bonchev–Trinajstić information content (AvgIpc) is 2.93. The number of anilines is 1. The Morgan fingerprint density at radius 1 is 1.54 bits per heavy atom. The van der Waals surface area contributed by atoms with Crippen molar-refractivity contribution in [2.75, 3.05) is 5.32 Å². The van der Waals surface area contributed by atoms with Gasteiger partial charge >= 0.3 is 6.18 Å². The number of nitriles is 1. The lowest BCUT2D eigenvalue weighted by atomic mass is 9.96. The van der Waals surface area contributed by atoms with Crippen LogP contribution < -0.4 is 5.32 Å². The lowest BCUT2D eigenvalue weighted by Crippen LogP contribution is -2.14. The molecule has 10 heteroatoms. The fraction of sp³-hybridized carbons (Fsp3) is 0.143. The highest BCUT2D eigenvalue weighted by Gasteiger charge is 2.40. The number of hydrogen-bond donors (Lipinski definition) is 2. The second-order valence-corrected chi connectivity index (χ2v) is 4.62. The summed E-state index contributed by atoms with van der Waals surface area (Å²) in [7, 11) is 1.32. The molecule has 0 bridgehead atoms. The van der Waals surface area contributed by atoms with Crippen LogP contribution >= 0.6 is 0 Å². The fourth-order valence-corrected chi connectivity index (χ4v) is 2.10. The number of amides is 1. The van der Waals surface area contributed by atoms with E-state index in [2.05, 4.69) is 22.2 Å². The molecule has 0 aliphatic rings. The molecular formula is C14H10F3N5O2. The number of aryl methyl sites for hydroxylation is 1. The number of nitrogens with one attached hydrogen (secondary N) is 1. The average molecular weight is 337 g/mol. The van der Waals surface area contributed by atoms with Gasteiger partial charge in [0.05, 0.1) is 40.3 Å². The van der Waals surface area contributed by atoms with E-state index in [0.29, 0.717) is 0 Å². The lowest BCUT2D eigenvalue weighted by molar-refractivity contribution is -0.137. The second-order valence-electron chi connectivity index (χ2n) is 4.62. The third-order valence-corrected chi connectivity index (χ3v) is 3.12. The summed E-state index contributed by atoms with van der Waals surface area (Å²) in [6.07, 6.45) is -3.05. The molecule has 0 fully saturated rings. The SMILES string of the molecule is C=CC(=O)Nc1cc(C#N)c(C(F)(F)F)c(-c2cnnn2C)c1O. The summed E-state index contributed by atoms with van der Waals surface area (Å²) in [4.78, 5) is 11.4. The molecule has 0 saturated carbocycles. The number of phenols is 1. The van der Waals surface area contributed by atoms with Gasteiger partial charge in [0.15, 0.2) is 0 Å². The van der Waals surface area contributed by atoms with Crippen LogP contribution in [0.15, 0.2) is 24.9 Å². The number of halogens is 3. The van der Waals surface area contributed by atoms with E-state index in [9.17, 15) is 23.1 Å². The molecule has 0 aliphatic carbocycles. The van der Waals surface area contributed by atoms with Crippen LogP contribution in [0, 0.1) is 11.3 Å². The first kappa shape index (κ1) is 17.0. The summed E-state index contributed by atoms with van der Waals surface area (Å²) >= 11 is 0. The zero-order chi connectivity index (χ0) is 18.1. The van der Waals surface area contributed by atoms with E-state index in [4.69, 9.17) is 5.26 Å². The number of carbonyl (C=O) groups excluding carboxylic acids is 1. The van der Waals surface area contributed by atoms with E-state index in [1.165, 1.54) is 13.1 Å². The van der Waals surface area contributed by atoms with Gasteiger partial charge in [-0.05, 0) is 12.1 Å². The number of benzene rings is 1. The van der Waals surface area contributed by atoms with Crippen molar-refractivity contribution in [1.29, 1.82) is 5.26 Å². The molecule has 0 radical (unpaired) electrons. The fourth-order valence-electron chi connectivity index (χ4n) is 2.10. The minimum Gasteiger partial charge on any atom is -0.505 e. The van der Waals surface area contributed by atoms with Crippen molar-refractivity contribution in [3.8, 4) is 23.1 Å². The Morgan fingerprint density at radius 3 is 2.67 bits per heavy atom. The number of carbonyl (C=O) groups is 1. The minimum atomic E-state index is -4.93. The molecule has 1 aromatic carbocycles. The van der Waals surface area contributed by atoms with Crippen LogP contribution in [-0.2, 0) is 18.0 Å². The molecule has 2 rings (SSSR count). The standard InChI is InChI=1S/C14H10F3N5O2/c1-3-10(23)20-8-4-7(5-18)12(14(15,16)17)11(13(8)24)9-6-19-21-22(9)2/h3-4,6,24H,1H2,2H3,(H,20,23). The van der Waals surface area contributed by atoms with E-state index < -0.39 is 34.5 Å². The molecule has 7 nitrogen and oxygen atoms in total. The Labute approximate surface area is 133 Å². The molecule has 2 N–H and O–H groups in total. The molecule has 0 aliphatic heterocycles. The predicted molar refractivity (Wildman–Crippen MR) is 76.6 cm³/mol. The lowest BCUT2D eigenvalue weighted by Gasteiger charge is -2.18. The zero-order valence-electron chi connectivity index (χ0n) is 12.2. The van der Waals surface area contributed by atoms with Crippen LogP contribution in [-0.4, -0.2) is 26.0 Å². The molecule has 1 amide bonds. The Kier molecular flexibility index (Phi) is 4.28. The van der Waals surface area contributed by atoms with Crippen molar-refractivity contribution in [2.45, 2.75) is 6.18 Å². The van der Waals surface area contributed by atoms with Crippen LogP contribution in [0.3, 0.4) is 0 Å². The number of phenolic OH excluding ortho intramolecular Hbond substituents is 1. The number of aromatic nitrogens is 3. The molecule has 0 spiro atoms. The molecule has 1 heterocycles. The second kappa shape index (κ2) is 6.04. The maximum Gasteiger partial charge on any atom is 0.418 e. The van der Waals surface area contributed by atoms with Gasteiger partial charge in [-0.2, -0.15) is 18.4 Å². The maximum atomic E-state index is 13.4. The highest BCUT2D eigenvalue weighted by atomic mass is 19.4. The van der Waals surface area contributed by atoms with Gasteiger partial charge in [-0.3, -0.25) is 4.79 Å². The van der Waals surface area contributed by atoms with Crippen molar-refractivity contribution in [3.05, 3.63) is 36.0 Å². The summed E-state index contributed by atoms with van der Waals surface area (Å²) in [6.45, 7) is 3.21.